The minimum atomic E-state index is -0.417. The summed E-state index contributed by atoms with van der Waals surface area (Å²) in [5, 5.41) is 3.89. The monoisotopic (exact) mass is 294 g/mol. The quantitative estimate of drug-likeness (QED) is 0.799. The van der Waals surface area contributed by atoms with Crippen LogP contribution in [0.25, 0.3) is 10.9 Å². The molecule has 0 radical (unpaired) electrons. The van der Waals surface area contributed by atoms with Crippen molar-refractivity contribution in [3.05, 3.63) is 71.9 Å². The number of hydrogen-bond acceptors (Lipinski definition) is 2. The Morgan fingerprint density at radius 1 is 1.09 bits per heavy atom. The van der Waals surface area contributed by atoms with Crippen molar-refractivity contribution in [2.75, 3.05) is 7.11 Å². The Hall–Kier alpha value is -2.75. The molecule has 0 fully saturated rings. The van der Waals surface area contributed by atoms with E-state index in [9.17, 15) is 4.79 Å². The number of nitrogens with zero attached hydrogens (tertiary/aromatic N) is 1. The smallest absolute Gasteiger partial charge is 0.407 e. The highest BCUT2D eigenvalue weighted by Crippen LogP contribution is 2.22. The molecule has 0 atom stereocenters. The molecule has 1 aromatic heterocycles. The van der Waals surface area contributed by atoms with Crippen LogP contribution < -0.4 is 5.32 Å². The maximum Gasteiger partial charge on any atom is 0.407 e. The third kappa shape index (κ3) is 2.96. The second kappa shape index (κ2) is 6.35. The summed E-state index contributed by atoms with van der Waals surface area (Å²) in [5.41, 5.74) is 3.49. The molecule has 0 saturated heterocycles. The molecule has 0 bridgehead atoms. The molecular weight excluding hydrogens is 276 g/mol. The van der Waals surface area contributed by atoms with Gasteiger partial charge in [-0.25, -0.2) is 4.79 Å². The van der Waals surface area contributed by atoms with Crippen molar-refractivity contribution in [3.8, 4) is 0 Å². The van der Waals surface area contributed by atoms with Gasteiger partial charge in [0.1, 0.15) is 0 Å². The van der Waals surface area contributed by atoms with E-state index >= 15 is 0 Å². The number of alkyl carbamates (subject to hydrolysis) is 1. The number of carbonyl (C=O) groups is 1. The maximum absolute atomic E-state index is 11.3. The third-order valence-electron chi connectivity index (χ3n) is 3.68. The highest BCUT2D eigenvalue weighted by atomic mass is 16.5. The van der Waals surface area contributed by atoms with Gasteiger partial charge in [0, 0.05) is 30.2 Å². The molecule has 0 aliphatic rings. The van der Waals surface area contributed by atoms with Crippen molar-refractivity contribution in [3.63, 3.8) is 0 Å². The fourth-order valence-corrected chi connectivity index (χ4v) is 2.61. The van der Waals surface area contributed by atoms with Crippen LogP contribution in [-0.2, 0) is 17.8 Å². The SMILES string of the molecule is COC(=O)NCc1cn(Cc2ccccc2)c2ccccc12. The van der Waals surface area contributed by atoms with E-state index in [1.54, 1.807) is 0 Å². The molecule has 22 heavy (non-hydrogen) atoms. The first kappa shape index (κ1) is 14.2. The first-order chi connectivity index (χ1) is 10.8. The van der Waals surface area contributed by atoms with Crippen LogP contribution in [0.4, 0.5) is 4.79 Å². The van der Waals surface area contributed by atoms with Gasteiger partial charge in [0.25, 0.3) is 0 Å². The van der Waals surface area contributed by atoms with Gasteiger partial charge in [0.05, 0.1) is 7.11 Å². The summed E-state index contributed by atoms with van der Waals surface area (Å²) in [6.07, 6.45) is 1.67. The van der Waals surface area contributed by atoms with E-state index in [0.29, 0.717) is 6.54 Å². The molecule has 3 aromatic rings. The lowest BCUT2D eigenvalue weighted by molar-refractivity contribution is 0.170. The molecule has 4 heteroatoms. The zero-order valence-electron chi connectivity index (χ0n) is 12.5. The number of methoxy groups -OCH3 is 1. The summed E-state index contributed by atoms with van der Waals surface area (Å²) in [6, 6.07) is 18.5. The van der Waals surface area contributed by atoms with E-state index in [2.05, 4.69) is 45.1 Å². The van der Waals surface area contributed by atoms with Crippen molar-refractivity contribution in [1.82, 2.24) is 9.88 Å². The number of hydrogen-bond donors (Lipinski definition) is 1. The van der Waals surface area contributed by atoms with Crippen LogP contribution in [0.3, 0.4) is 0 Å². The fraction of sp³-hybridized carbons (Fsp3) is 0.167. The first-order valence-electron chi connectivity index (χ1n) is 7.20. The van der Waals surface area contributed by atoms with E-state index in [1.165, 1.54) is 12.7 Å². The minimum absolute atomic E-state index is 0.417. The number of rotatable bonds is 4. The lowest BCUT2D eigenvalue weighted by atomic mass is 10.2. The number of aromatic nitrogens is 1. The second-order valence-corrected chi connectivity index (χ2v) is 5.13. The second-order valence-electron chi connectivity index (χ2n) is 5.13. The molecular formula is C18H18N2O2. The Bertz CT molecular complexity index is 778. The molecule has 0 unspecified atom stereocenters. The summed E-state index contributed by atoms with van der Waals surface area (Å²) >= 11 is 0. The molecule has 3 rings (SSSR count). The topological polar surface area (TPSA) is 43.3 Å². The van der Waals surface area contributed by atoms with Gasteiger partial charge < -0.3 is 14.6 Å². The Morgan fingerprint density at radius 3 is 2.59 bits per heavy atom. The number of benzene rings is 2. The average Bonchev–Trinajstić information content (AvgIpc) is 2.92. The lowest BCUT2D eigenvalue weighted by Gasteiger charge is -2.05. The molecule has 1 heterocycles. The molecule has 0 spiro atoms. The van der Waals surface area contributed by atoms with Crippen molar-refractivity contribution in [2.45, 2.75) is 13.1 Å². The molecule has 0 aliphatic carbocycles. The van der Waals surface area contributed by atoms with Crippen LogP contribution in [0.1, 0.15) is 11.1 Å². The number of amides is 1. The van der Waals surface area contributed by atoms with Gasteiger partial charge in [-0.2, -0.15) is 0 Å². The van der Waals surface area contributed by atoms with Crippen LogP contribution in [0.2, 0.25) is 0 Å². The highest BCUT2D eigenvalue weighted by molar-refractivity contribution is 5.84. The lowest BCUT2D eigenvalue weighted by Crippen LogP contribution is -2.22. The van der Waals surface area contributed by atoms with Crippen LogP contribution in [0, 0.1) is 0 Å². The average molecular weight is 294 g/mol. The Balaban J connectivity index is 1.92. The summed E-state index contributed by atoms with van der Waals surface area (Å²) in [6.45, 7) is 1.26. The van der Waals surface area contributed by atoms with Crippen molar-refractivity contribution >= 4 is 17.0 Å². The Labute approximate surface area is 129 Å². The van der Waals surface area contributed by atoms with Crippen molar-refractivity contribution < 1.29 is 9.53 Å². The zero-order valence-corrected chi connectivity index (χ0v) is 12.5. The highest BCUT2D eigenvalue weighted by Gasteiger charge is 2.09. The number of ether oxygens (including phenoxy) is 1. The largest absolute Gasteiger partial charge is 0.453 e. The van der Waals surface area contributed by atoms with Crippen molar-refractivity contribution in [2.24, 2.45) is 0 Å². The van der Waals surface area contributed by atoms with Crippen LogP contribution in [-0.4, -0.2) is 17.8 Å². The number of fused-ring (bicyclic) bond motifs is 1. The Morgan fingerprint density at radius 2 is 1.82 bits per heavy atom. The molecule has 0 saturated carbocycles. The maximum atomic E-state index is 11.3. The van der Waals surface area contributed by atoms with Crippen LogP contribution in [0.5, 0.6) is 0 Å². The van der Waals surface area contributed by atoms with E-state index in [4.69, 9.17) is 0 Å². The molecule has 112 valence electrons. The van der Waals surface area contributed by atoms with Gasteiger partial charge in [-0.15, -0.1) is 0 Å². The third-order valence-corrected chi connectivity index (χ3v) is 3.68. The van der Waals surface area contributed by atoms with E-state index < -0.39 is 6.09 Å². The van der Waals surface area contributed by atoms with E-state index in [-0.39, 0.29) is 0 Å². The summed E-state index contributed by atoms with van der Waals surface area (Å²) in [4.78, 5) is 11.3. The zero-order chi connectivity index (χ0) is 15.4. The van der Waals surface area contributed by atoms with E-state index in [0.717, 1.165) is 23.0 Å². The summed E-state index contributed by atoms with van der Waals surface area (Å²) in [7, 11) is 1.37. The summed E-state index contributed by atoms with van der Waals surface area (Å²) in [5.74, 6) is 0. The molecule has 1 N–H and O–H groups in total. The van der Waals surface area contributed by atoms with Gasteiger partial charge in [0.2, 0.25) is 0 Å². The van der Waals surface area contributed by atoms with Gasteiger partial charge >= 0.3 is 6.09 Å². The standard InChI is InChI=1S/C18H18N2O2/c1-22-18(21)19-11-15-13-20(12-14-7-3-2-4-8-14)17-10-6-5-9-16(15)17/h2-10,13H,11-12H2,1H3,(H,19,21). The van der Waals surface area contributed by atoms with Gasteiger partial charge in [-0.1, -0.05) is 48.5 Å². The predicted octanol–water partition coefficient (Wildman–Crippen LogP) is 3.55. The molecule has 2 aromatic carbocycles. The number of carbonyl (C=O) groups excluding carboxylic acids is 1. The van der Waals surface area contributed by atoms with E-state index in [1.807, 2.05) is 30.3 Å². The van der Waals surface area contributed by atoms with Crippen molar-refractivity contribution in [1.29, 1.82) is 0 Å². The first-order valence-corrected chi connectivity index (χ1v) is 7.20. The van der Waals surface area contributed by atoms with Gasteiger partial charge in [-0.05, 0) is 17.2 Å². The van der Waals surface area contributed by atoms with Gasteiger partial charge in [-0.3, -0.25) is 0 Å². The predicted molar refractivity (Wildman–Crippen MR) is 86.7 cm³/mol. The normalized spacial score (nSPS) is 10.6. The van der Waals surface area contributed by atoms with Crippen LogP contribution >= 0.6 is 0 Å². The molecule has 4 nitrogen and oxygen atoms in total. The number of nitrogens with one attached hydrogen (secondary N) is 1. The minimum Gasteiger partial charge on any atom is -0.453 e. The fourth-order valence-electron chi connectivity index (χ4n) is 2.61. The molecule has 0 aliphatic heterocycles. The van der Waals surface area contributed by atoms with Gasteiger partial charge in [0.15, 0.2) is 0 Å². The Kier molecular flexibility index (Phi) is 4.10. The summed E-state index contributed by atoms with van der Waals surface area (Å²) < 4.78 is 6.84. The number of para-hydroxylation sites is 1. The van der Waals surface area contributed by atoms with Crippen LogP contribution in [0.15, 0.2) is 60.8 Å². The molecule has 1 amide bonds.